The second kappa shape index (κ2) is 5.89. The van der Waals surface area contributed by atoms with Crippen molar-refractivity contribution in [3.63, 3.8) is 0 Å². The third-order valence-electron chi connectivity index (χ3n) is 3.96. The number of nitrogens with zero attached hydrogens (tertiary/aromatic N) is 1. The maximum Gasteiger partial charge on any atom is 0.122 e. The minimum atomic E-state index is 0.107. The van der Waals surface area contributed by atoms with E-state index in [1.54, 1.807) is 0 Å². The summed E-state index contributed by atoms with van der Waals surface area (Å²) in [4.78, 5) is 2.50. The van der Waals surface area contributed by atoms with Crippen molar-refractivity contribution in [3.05, 3.63) is 23.7 Å². The average Bonchev–Trinajstić information content (AvgIpc) is 2.90. The quantitative estimate of drug-likeness (QED) is 0.873. The number of rotatable bonds is 5. The van der Waals surface area contributed by atoms with E-state index < -0.39 is 0 Å². The Morgan fingerprint density at radius 2 is 2.28 bits per heavy atom. The summed E-state index contributed by atoms with van der Waals surface area (Å²) in [6, 6.07) is 4.46. The molecule has 3 nitrogen and oxygen atoms in total. The first kappa shape index (κ1) is 13.6. The molecule has 2 N–H and O–H groups in total. The van der Waals surface area contributed by atoms with Gasteiger partial charge in [0.25, 0.3) is 0 Å². The summed E-state index contributed by atoms with van der Waals surface area (Å²) >= 11 is 0. The van der Waals surface area contributed by atoms with E-state index in [1.165, 1.54) is 25.8 Å². The third-order valence-corrected chi connectivity index (χ3v) is 3.96. The predicted octanol–water partition coefficient (Wildman–Crippen LogP) is 3.10. The molecular weight excluding hydrogens is 224 g/mol. The maximum atomic E-state index is 6.18. The summed E-state index contributed by atoms with van der Waals surface area (Å²) in [6.45, 7) is 8.65. The lowest BCUT2D eigenvalue weighted by molar-refractivity contribution is 0.182. The zero-order valence-corrected chi connectivity index (χ0v) is 11.9. The fraction of sp³-hybridized carbons (Fsp3) is 0.733. The maximum absolute atomic E-state index is 6.18. The standard InChI is InChI=1S/C15H26N2O/c1-4-5-13-8-9-17(10-13)15(12(3)16)14-7-6-11(2)18-14/h6-7,12-13,15H,4-5,8-10,16H2,1-3H3. The molecule has 1 aromatic rings. The fourth-order valence-corrected chi connectivity index (χ4v) is 3.14. The predicted molar refractivity (Wildman–Crippen MR) is 74.4 cm³/mol. The molecule has 3 unspecified atom stereocenters. The van der Waals surface area contributed by atoms with Gasteiger partial charge in [0, 0.05) is 12.6 Å². The molecule has 2 heterocycles. The first-order valence-corrected chi connectivity index (χ1v) is 7.17. The van der Waals surface area contributed by atoms with Gasteiger partial charge in [0.1, 0.15) is 11.5 Å². The van der Waals surface area contributed by atoms with Crippen molar-refractivity contribution < 1.29 is 4.42 Å². The van der Waals surface area contributed by atoms with E-state index in [4.69, 9.17) is 10.2 Å². The molecule has 0 bridgehead atoms. The van der Waals surface area contributed by atoms with Crippen molar-refractivity contribution in [1.29, 1.82) is 0 Å². The Morgan fingerprint density at radius 3 is 2.83 bits per heavy atom. The first-order chi connectivity index (χ1) is 8.61. The van der Waals surface area contributed by atoms with Crippen molar-refractivity contribution in [3.8, 4) is 0 Å². The zero-order valence-electron chi connectivity index (χ0n) is 11.9. The minimum absolute atomic E-state index is 0.107. The summed E-state index contributed by atoms with van der Waals surface area (Å²) in [5.74, 6) is 2.84. The Hall–Kier alpha value is -0.800. The normalized spacial score (nSPS) is 24.3. The van der Waals surface area contributed by atoms with Gasteiger partial charge in [0.05, 0.1) is 6.04 Å². The van der Waals surface area contributed by atoms with E-state index in [9.17, 15) is 0 Å². The van der Waals surface area contributed by atoms with Crippen LogP contribution in [0.5, 0.6) is 0 Å². The topological polar surface area (TPSA) is 42.4 Å². The Morgan fingerprint density at radius 1 is 1.50 bits per heavy atom. The summed E-state index contributed by atoms with van der Waals surface area (Å²) in [5.41, 5.74) is 6.18. The monoisotopic (exact) mass is 250 g/mol. The SMILES string of the molecule is CCCC1CCN(C(c2ccc(C)o2)C(C)N)C1. The molecular formula is C15H26N2O. The highest BCUT2D eigenvalue weighted by Gasteiger charge is 2.32. The van der Waals surface area contributed by atoms with Crippen molar-refractivity contribution in [2.24, 2.45) is 11.7 Å². The molecule has 0 amide bonds. The number of likely N-dealkylation sites (tertiary alicyclic amines) is 1. The zero-order chi connectivity index (χ0) is 13.1. The second-order valence-electron chi connectivity index (χ2n) is 5.69. The largest absolute Gasteiger partial charge is 0.465 e. The molecule has 0 saturated carbocycles. The van der Waals surface area contributed by atoms with Gasteiger partial charge in [-0.2, -0.15) is 0 Å². The first-order valence-electron chi connectivity index (χ1n) is 7.17. The summed E-state index contributed by atoms with van der Waals surface area (Å²) in [7, 11) is 0. The van der Waals surface area contributed by atoms with E-state index in [-0.39, 0.29) is 12.1 Å². The molecule has 1 saturated heterocycles. The van der Waals surface area contributed by atoms with Crippen LogP contribution in [0.2, 0.25) is 0 Å². The molecule has 0 spiro atoms. The van der Waals surface area contributed by atoms with Crippen LogP contribution < -0.4 is 5.73 Å². The third kappa shape index (κ3) is 2.96. The van der Waals surface area contributed by atoms with Gasteiger partial charge in [-0.15, -0.1) is 0 Å². The lowest BCUT2D eigenvalue weighted by Gasteiger charge is -2.29. The van der Waals surface area contributed by atoms with E-state index in [1.807, 2.05) is 13.0 Å². The highest BCUT2D eigenvalue weighted by atomic mass is 16.3. The molecule has 18 heavy (non-hydrogen) atoms. The molecule has 1 fully saturated rings. The van der Waals surface area contributed by atoms with Gasteiger partial charge in [-0.05, 0) is 51.3 Å². The minimum Gasteiger partial charge on any atom is -0.465 e. The molecule has 1 aromatic heterocycles. The van der Waals surface area contributed by atoms with E-state index in [0.29, 0.717) is 0 Å². The molecule has 102 valence electrons. The van der Waals surface area contributed by atoms with E-state index >= 15 is 0 Å². The van der Waals surface area contributed by atoms with Gasteiger partial charge in [-0.3, -0.25) is 4.90 Å². The lowest BCUT2D eigenvalue weighted by Crippen LogP contribution is -2.38. The number of hydrogen-bond acceptors (Lipinski definition) is 3. The Kier molecular flexibility index (Phi) is 4.46. The van der Waals surface area contributed by atoms with Crippen molar-refractivity contribution in [2.75, 3.05) is 13.1 Å². The van der Waals surface area contributed by atoms with Gasteiger partial charge in [0.2, 0.25) is 0 Å². The Balaban J connectivity index is 2.07. The van der Waals surface area contributed by atoms with Crippen LogP contribution in [0.1, 0.15) is 50.7 Å². The van der Waals surface area contributed by atoms with Gasteiger partial charge >= 0.3 is 0 Å². The van der Waals surface area contributed by atoms with Crippen LogP contribution in [0.15, 0.2) is 16.5 Å². The van der Waals surface area contributed by atoms with E-state index in [2.05, 4.69) is 24.8 Å². The second-order valence-corrected chi connectivity index (χ2v) is 5.69. The fourth-order valence-electron chi connectivity index (χ4n) is 3.14. The van der Waals surface area contributed by atoms with Gasteiger partial charge < -0.3 is 10.2 Å². The Labute approximate surface area is 110 Å². The Bertz CT molecular complexity index is 372. The van der Waals surface area contributed by atoms with E-state index in [0.717, 1.165) is 24.0 Å². The average molecular weight is 250 g/mol. The summed E-state index contributed by atoms with van der Waals surface area (Å²) < 4.78 is 5.79. The molecule has 1 aliphatic rings. The number of furan rings is 1. The molecule has 1 aliphatic heterocycles. The van der Waals surface area contributed by atoms with Crippen LogP contribution in [-0.2, 0) is 0 Å². The van der Waals surface area contributed by atoms with Crippen LogP contribution in [0.25, 0.3) is 0 Å². The summed E-state index contributed by atoms with van der Waals surface area (Å²) in [6.07, 6.45) is 3.91. The van der Waals surface area contributed by atoms with Crippen LogP contribution in [0.4, 0.5) is 0 Å². The van der Waals surface area contributed by atoms with Crippen LogP contribution >= 0.6 is 0 Å². The van der Waals surface area contributed by atoms with Crippen molar-refractivity contribution in [2.45, 2.75) is 52.1 Å². The van der Waals surface area contributed by atoms with Crippen molar-refractivity contribution in [1.82, 2.24) is 4.90 Å². The molecule has 0 radical (unpaired) electrons. The highest BCUT2D eigenvalue weighted by molar-refractivity contribution is 5.12. The van der Waals surface area contributed by atoms with Crippen LogP contribution in [0.3, 0.4) is 0 Å². The smallest absolute Gasteiger partial charge is 0.122 e. The van der Waals surface area contributed by atoms with Crippen molar-refractivity contribution >= 4 is 0 Å². The molecule has 0 aromatic carbocycles. The highest BCUT2D eigenvalue weighted by Crippen LogP contribution is 2.32. The lowest BCUT2D eigenvalue weighted by atomic mass is 10.0. The molecule has 2 rings (SSSR count). The van der Waals surface area contributed by atoms with Gasteiger partial charge in [-0.25, -0.2) is 0 Å². The van der Waals surface area contributed by atoms with Crippen LogP contribution in [0, 0.1) is 12.8 Å². The van der Waals surface area contributed by atoms with Gasteiger partial charge in [0.15, 0.2) is 0 Å². The van der Waals surface area contributed by atoms with Gasteiger partial charge in [-0.1, -0.05) is 13.3 Å². The number of nitrogens with two attached hydrogens (primary N) is 1. The summed E-state index contributed by atoms with van der Waals surface area (Å²) in [5, 5.41) is 0. The number of aryl methyl sites for hydroxylation is 1. The number of hydrogen-bond donors (Lipinski definition) is 1. The van der Waals surface area contributed by atoms with Crippen LogP contribution in [-0.4, -0.2) is 24.0 Å². The molecule has 3 heteroatoms. The molecule has 0 aliphatic carbocycles. The molecule has 3 atom stereocenters.